The fourth-order valence-corrected chi connectivity index (χ4v) is 4.57. The molecule has 0 spiro atoms. The topological polar surface area (TPSA) is 24.1 Å². The molecule has 1 saturated carbocycles. The van der Waals surface area contributed by atoms with E-state index >= 15 is 0 Å². The average molecular weight is 294 g/mol. The Labute approximate surface area is 125 Å². The first-order valence-electron chi connectivity index (χ1n) is 7.46. The summed E-state index contributed by atoms with van der Waals surface area (Å²) in [7, 11) is 0. The van der Waals surface area contributed by atoms with Crippen LogP contribution >= 0.6 is 23.6 Å². The molecule has 0 bridgehead atoms. The average Bonchev–Trinajstić information content (AvgIpc) is 2.89. The molecule has 3 rings (SSSR count). The zero-order valence-electron chi connectivity index (χ0n) is 11.3. The molecule has 2 N–H and O–H groups in total. The summed E-state index contributed by atoms with van der Waals surface area (Å²) in [5, 5.41) is 10.1. The maximum atomic E-state index is 5.50. The molecule has 1 heterocycles. The van der Waals surface area contributed by atoms with Crippen molar-refractivity contribution < 1.29 is 0 Å². The van der Waals surface area contributed by atoms with Crippen molar-refractivity contribution in [3.05, 3.63) is 21.9 Å². The Morgan fingerprint density at radius 2 is 1.95 bits per heavy atom. The number of thiocarbonyl (C=S) groups is 1. The van der Waals surface area contributed by atoms with Gasteiger partial charge in [-0.05, 0) is 61.3 Å². The Kier molecular flexibility index (Phi) is 4.38. The smallest absolute Gasteiger partial charge is 0.166 e. The molecule has 104 valence electrons. The first-order chi connectivity index (χ1) is 9.33. The summed E-state index contributed by atoms with van der Waals surface area (Å²) in [6.07, 6.45) is 10.4. The van der Waals surface area contributed by atoms with Gasteiger partial charge >= 0.3 is 0 Å². The zero-order chi connectivity index (χ0) is 13.1. The second-order valence-electron chi connectivity index (χ2n) is 5.70. The van der Waals surface area contributed by atoms with Crippen LogP contribution in [-0.4, -0.2) is 11.2 Å². The Morgan fingerprint density at radius 3 is 2.79 bits per heavy atom. The summed E-state index contributed by atoms with van der Waals surface area (Å²) in [4.78, 5) is 1.55. The van der Waals surface area contributed by atoms with Gasteiger partial charge in [0.2, 0.25) is 0 Å². The lowest BCUT2D eigenvalue weighted by Crippen LogP contribution is -2.44. The molecule has 1 atom stereocenters. The number of nitrogens with one attached hydrogen (secondary N) is 2. The van der Waals surface area contributed by atoms with E-state index < -0.39 is 0 Å². The Balaban J connectivity index is 1.55. The number of hydrogen-bond acceptors (Lipinski definition) is 2. The van der Waals surface area contributed by atoms with Gasteiger partial charge in [0, 0.05) is 10.9 Å². The summed E-state index contributed by atoms with van der Waals surface area (Å²) < 4.78 is 0. The molecule has 1 aromatic rings. The lowest BCUT2D eigenvalue weighted by Gasteiger charge is -2.28. The molecule has 0 radical (unpaired) electrons. The minimum absolute atomic E-state index is 0.429. The van der Waals surface area contributed by atoms with E-state index in [4.69, 9.17) is 12.2 Å². The minimum Gasteiger partial charge on any atom is -0.360 e. The van der Waals surface area contributed by atoms with E-state index in [1.165, 1.54) is 56.9 Å². The van der Waals surface area contributed by atoms with Crippen molar-refractivity contribution in [2.24, 2.45) is 0 Å². The lowest BCUT2D eigenvalue weighted by molar-refractivity contribution is 0.408. The number of fused-ring (bicyclic) bond motifs is 1. The molecule has 0 amide bonds. The van der Waals surface area contributed by atoms with Gasteiger partial charge in [-0.25, -0.2) is 0 Å². The molecule has 4 heteroatoms. The largest absolute Gasteiger partial charge is 0.360 e. The van der Waals surface area contributed by atoms with E-state index in [2.05, 4.69) is 22.1 Å². The number of aryl methyl sites for hydroxylation is 1. The fraction of sp³-hybridized carbons (Fsp3) is 0.667. The molecule has 1 unspecified atom stereocenters. The SMILES string of the molecule is S=C(NC1CCCCC1)NC1CCCc2sccc21. The molecule has 2 aliphatic carbocycles. The Hall–Kier alpha value is -0.610. The molecule has 0 aliphatic heterocycles. The molecule has 19 heavy (non-hydrogen) atoms. The number of rotatable bonds is 2. The summed E-state index contributed by atoms with van der Waals surface area (Å²) in [5.74, 6) is 0. The first-order valence-corrected chi connectivity index (χ1v) is 8.75. The fourth-order valence-electron chi connectivity index (χ4n) is 3.27. The van der Waals surface area contributed by atoms with E-state index in [-0.39, 0.29) is 0 Å². The molecule has 2 aliphatic rings. The second kappa shape index (κ2) is 6.23. The molecule has 0 saturated heterocycles. The lowest BCUT2D eigenvalue weighted by atomic mass is 9.94. The van der Waals surface area contributed by atoms with Crippen LogP contribution in [0.25, 0.3) is 0 Å². The highest BCUT2D eigenvalue weighted by Crippen LogP contribution is 2.33. The second-order valence-corrected chi connectivity index (χ2v) is 7.11. The van der Waals surface area contributed by atoms with Crippen molar-refractivity contribution in [3.63, 3.8) is 0 Å². The van der Waals surface area contributed by atoms with Crippen molar-refractivity contribution >= 4 is 28.7 Å². The predicted octanol–water partition coefficient (Wildman–Crippen LogP) is 3.92. The monoisotopic (exact) mass is 294 g/mol. The highest BCUT2D eigenvalue weighted by molar-refractivity contribution is 7.80. The van der Waals surface area contributed by atoms with E-state index in [1.54, 1.807) is 4.88 Å². The molecule has 2 nitrogen and oxygen atoms in total. The van der Waals surface area contributed by atoms with Gasteiger partial charge in [0.1, 0.15) is 0 Å². The summed E-state index contributed by atoms with van der Waals surface area (Å²) in [6, 6.07) is 3.29. The van der Waals surface area contributed by atoms with Gasteiger partial charge < -0.3 is 10.6 Å². The Bertz CT molecular complexity index is 435. The van der Waals surface area contributed by atoms with Crippen LogP contribution in [0.15, 0.2) is 11.4 Å². The van der Waals surface area contributed by atoms with Crippen molar-refractivity contribution in [1.82, 2.24) is 10.6 Å². The summed E-state index contributed by atoms with van der Waals surface area (Å²) >= 11 is 7.39. The van der Waals surface area contributed by atoms with Gasteiger partial charge in [0.05, 0.1) is 6.04 Å². The molecule has 1 aromatic heterocycles. The predicted molar refractivity (Wildman–Crippen MR) is 85.7 cm³/mol. The van der Waals surface area contributed by atoms with Crippen LogP contribution in [0.5, 0.6) is 0 Å². The van der Waals surface area contributed by atoms with Gasteiger partial charge in [-0.15, -0.1) is 11.3 Å². The van der Waals surface area contributed by atoms with Gasteiger partial charge in [0.15, 0.2) is 5.11 Å². The third-order valence-corrected chi connectivity index (χ3v) is 5.53. The summed E-state index contributed by atoms with van der Waals surface area (Å²) in [6.45, 7) is 0. The molecule has 0 aromatic carbocycles. The van der Waals surface area contributed by atoms with Gasteiger partial charge in [0.25, 0.3) is 0 Å². The van der Waals surface area contributed by atoms with Crippen LogP contribution in [0.3, 0.4) is 0 Å². The molecular weight excluding hydrogens is 272 g/mol. The van der Waals surface area contributed by atoms with E-state index in [0.717, 1.165) is 5.11 Å². The maximum Gasteiger partial charge on any atom is 0.166 e. The van der Waals surface area contributed by atoms with Gasteiger partial charge in [-0.2, -0.15) is 0 Å². The van der Waals surface area contributed by atoms with Crippen LogP contribution in [0.4, 0.5) is 0 Å². The van der Waals surface area contributed by atoms with Gasteiger partial charge in [-0.1, -0.05) is 19.3 Å². The van der Waals surface area contributed by atoms with Crippen molar-refractivity contribution in [2.45, 2.75) is 63.5 Å². The van der Waals surface area contributed by atoms with E-state index in [9.17, 15) is 0 Å². The van der Waals surface area contributed by atoms with Crippen molar-refractivity contribution in [1.29, 1.82) is 0 Å². The quantitative estimate of drug-likeness (QED) is 0.808. The van der Waals surface area contributed by atoms with Crippen LogP contribution < -0.4 is 10.6 Å². The van der Waals surface area contributed by atoms with Crippen LogP contribution in [0, 0.1) is 0 Å². The normalized spacial score (nSPS) is 23.7. The number of hydrogen-bond donors (Lipinski definition) is 2. The molecular formula is C15H22N2S2. The zero-order valence-corrected chi connectivity index (χ0v) is 12.9. The maximum absolute atomic E-state index is 5.50. The highest BCUT2D eigenvalue weighted by atomic mass is 32.1. The Morgan fingerprint density at radius 1 is 1.11 bits per heavy atom. The first kappa shape index (κ1) is 13.4. The van der Waals surface area contributed by atoms with Crippen LogP contribution in [0.2, 0.25) is 0 Å². The van der Waals surface area contributed by atoms with Gasteiger partial charge in [-0.3, -0.25) is 0 Å². The third-order valence-electron chi connectivity index (χ3n) is 4.30. The van der Waals surface area contributed by atoms with E-state index in [1.807, 2.05) is 11.3 Å². The van der Waals surface area contributed by atoms with Crippen LogP contribution in [0.1, 0.15) is 61.4 Å². The third kappa shape index (κ3) is 3.29. The van der Waals surface area contributed by atoms with Crippen LogP contribution in [-0.2, 0) is 6.42 Å². The number of thiophene rings is 1. The van der Waals surface area contributed by atoms with E-state index in [0.29, 0.717) is 12.1 Å². The molecule has 1 fully saturated rings. The minimum atomic E-state index is 0.429. The van der Waals surface area contributed by atoms with Crippen molar-refractivity contribution in [3.8, 4) is 0 Å². The van der Waals surface area contributed by atoms with Crippen molar-refractivity contribution in [2.75, 3.05) is 0 Å². The standard InChI is InChI=1S/C15H22N2S2/c18-15(16-11-5-2-1-3-6-11)17-13-7-4-8-14-12(13)9-10-19-14/h9-11,13H,1-8H2,(H2,16,17,18). The highest BCUT2D eigenvalue weighted by Gasteiger charge is 2.22. The summed E-state index contributed by atoms with van der Waals surface area (Å²) in [5.41, 5.74) is 1.48.